The standard InChI is InChI=1S/C7H10N2S/c1-2-6-3-4-8-7(5-10)9-6/h3-4,10H,2,5H2,1H3. The summed E-state index contributed by atoms with van der Waals surface area (Å²) in [5, 5.41) is 0. The quantitative estimate of drug-likeness (QED) is 0.653. The predicted octanol–water partition coefficient (Wildman–Crippen LogP) is 1.47. The van der Waals surface area contributed by atoms with Gasteiger partial charge in [-0.3, -0.25) is 0 Å². The molecule has 1 aromatic heterocycles. The van der Waals surface area contributed by atoms with Crippen LogP contribution in [0.1, 0.15) is 18.4 Å². The molecule has 0 spiro atoms. The summed E-state index contributed by atoms with van der Waals surface area (Å²) in [4.78, 5) is 8.24. The van der Waals surface area contributed by atoms with Crippen LogP contribution < -0.4 is 0 Å². The van der Waals surface area contributed by atoms with E-state index in [9.17, 15) is 0 Å². The average molecular weight is 154 g/mol. The minimum atomic E-state index is 0.619. The van der Waals surface area contributed by atoms with Crippen molar-refractivity contribution in [1.82, 2.24) is 9.97 Å². The summed E-state index contributed by atoms with van der Waals surface area (Å²) in [6, 6.07) is 1.92. The Balaban J connectivity index is 2.87. The van der Waals surface area contributed by atoms with Gasteiger partial charge in [-0.05, 0) is 12.5 Å². The van der Waals surface area contributed by atoms with Crippen molar-refractivity contribution in [1.29, 1.82) is 0 Å². The minimum Gasteiger partial charge on any atom is -0.240 e. The Bertz CT molecular complexity index is 193. The second-order valence-electron chi connectivity index (χ2n) is 1.98. The molecule has 10 heavy (non-hydrogen) atoms. The van der Waals surface area contributed by atoms with Crippen molar-refractivity contribution in [3.63, 3.8) is 0 Å². The Hall–Kier alpha value is -0.570. The van der Waals surface area contributed by atoms with Crippen molar-refractivity contribution in [2.24, 2.45) is 0 Å². The fraction of sp³-hybridized carbons (Fsp3) is 0.429. The molecule has 2 nitrogen and oxygen atoms in total. The van der Waals surface area contributed by atoms with Gasteiger partial charge < -0.3 is 0 Å². The van der Waals surface area contributed by atoms with Gasteiger partial charge >= 0.3 is 0 Å². The normalized spacial score (nSPS) is 9.80. The summed E-state index contributed by atoms with van der Waals surface area (Å²) < 4.78 is 0. The molecule has 1 heterocycles. The third-order valence-electron chi connectivity index (χ3n) is 1.27. The zero-order valence-electron chi connectivity index (χ0n) is 5.91. The van der Waals surface area contributed by atoms with Gasteiger partial charge in [0.2, 0.25) is 0 Å². The lowest BCUT2D eigenvalue weighted by atomic mass is 10.3. The third-order valence-corrected chi connectivity index (χ3v) is 1.55. The second kappa shape index (κ2) is 3.56. The van der Waals surface area contributed by atoms with E-state index in [2.05, 4.69) is 29.5 Å². The highest BCUT2D eigenvalue weighted by Gasteiger charge is 1.92. The first-order valence-corrected chi connectivity index (χ1v) is 3.91. The number of thiol groups is 1. The molecule has 0 atom stereocenters. The molecule has 0 unspecified atom stereocenters. The highest BCUT2D eigenvalue weighted by molar-refractivity contribution is 7.79. The topological polar surface area (TPSA) is 25.8 Å². The van der Waals surface area contributed by atoms with Gasteiger partial charge in [0, 0.05) is 11.9 Å². The van der Waals surface area contributed by atoms with E-state index in [1.807, 2.05) is 6.07 Å². The molecule has 0 amide bonds. The molecule has 0 aliphatic heterocycles. The van der Waals surface area contributed by atoms with Crippen molar-refractivity contribution in [2.45, 2.75) is 19.1 Å². The maximum absolute atomic E-state index is 4.22. The van der Waals surface area contributed by atoms with Crippen molar-refractivity contribution in [3.8, 4) is 0 Å². The van der Waals surface area contributed by atoms with Crippen LogP contribution in [0.25, 0.3) is 0 Å². The van der Waals surface area contributed by atoms with E-state index in [1.54, 1.807) is 6.20 Å². The SMILES string of the molecule is CCc1ccnc(CS)n1. The van der Waals surface area contributed by atoms with Crippen LogP contribution >= 0.6 is 12.6 Å². The molecule has 54 valence electrons. The molecule has 0 saturated carbocycles. The molecular weight excluding hydrogens is 144 g/mol. The molecule has 0 N–H and O–H groups in total. The maximum atomic E-state index is 4.22. The largest absolute Gasteiger partial charge is 0.240 e. The van der Waals surface area contributed by atoms with Gasteiger partial charge in [0.05, 0.1) is 5.75 Å². The number of aryl methyl sites for hydroxylation is 1. The maximum Gasteiger partial charge on any atom is 0.138 e. The Labute approximate surface area is 66.1 Å². The van der Waals surface area contributed by atoms with Crippen molar-refractivity contribution < 1.29 is 0 Å². The number of hydrogen-bond donors (Lipinski definition) is 1. The van der Waals surface area contributed by atoms with Crippen molar-refractivity contribution in [3.05, 3.63) is 23.8 Å². The fourth-order valence-electron chi connectivity index (χ4n) is 0.714. The number of hydrogen-bond acceptors (Lipinski definition) is 3. The summed E-state index contributed by atoms with van der Waals surface area (Å²) in [7, 11) is 0. The third kappa shape index (κ3) is 1.70. The minimum absolute atomic E-state index is 0.619. The van der Waals surface area contributed by atoms with Gasteiger partial charge in [-0.15, -0.1) is 0 Å². The Kier molecular flexibility index (Phi) is 2.68. The van der Waals surface area contributed by atoms with E-state index in [1.165, 1.54) is 0 Å². The zero-order valence-corrected chi connectivity index (χ0v) is 6.80. The van der Waals surface area contributed by atoms with Gasteiger partial charge in [-0.1, -0.05) is 6.92 Å². The molecule has 0 fully saturated rings. The zero-order chi connectivity index (χ0) is 7.40. The van der Waals surface area contributed by atoms with E-state index < -0.39 is 0 Å². The first kappa shape index (κ1) is 7.54. The van der Waals surface area contributed by atoms with E-state index >= 15 is 0 Å². The Morgan fingerprint density at radius 1 is 1.60 bits per heavy atom. The van der Waals surface area contributed by atoms with Crippen LogP contribution in [0.3, 0.4) is 0 Å². The average Bonchev–Trinajstić information content (AvgIpc) is 2.05. The van der Waals surface area contributed by atoms with E-state index in [-0.39, 0.29) is 0 Å². The molecular formula is C7H10N2S. The van der Waals surface area contributed by atoms with Crippen LogP contribution in [-0.2, 0) is 12.2 Å². The summed E-state index contributed by atoms with van der Waals surface area (Å²) in [5.41, 5.74) is 1.08. The molecule has 0 aliphatic carbocycles. The first-order valence-electron chi connectivity index (χ1n) is 3.28. The molecule has 0 bridgehead atoms. The van der Waals surface area contributed by atoms with Crippen LogP contribution in [0.2, 0.25) is 0 Å². The predicted molar refractivity (Wildman–Crippen MR) is 44.1 cm³/mol. The number of nitrogens with zero attached hydrogens (tertiary/aromatic N) is 2. The van der Waals surface area contributed by atoms with Gasteiger partial charge in [-0.25, -0.2) is 9.97 Å². The summed E-state index contributed by atoms with van der Waals surface area (Å²) in [5.74, 6) is 1.43. The lowest BCUT2D eigenvalue weighted by Gasteiger charge is -1.96. The summed E-state index contributed by atoms with van der Waals surface area (Å²) in [6.07, 6.45) is 2.74. The second-order valence-corrected chi connectivity index (χ2v) is 2.29. The molecule has 1 rings (SSSR count). The van der Waals surface area contributed by atoms with Crippen LogP contribution in [0.5, 0.6) is 0 Å². The van der Waals surface area contributed by atoms with E-state index in [0.717, 1.165) is 17.9 Å². The van der Waals surface area contributed by atoms with Gasteiger partial charge in [0.1, 0.15) is 5.82 Å². The summed E-state index contributed by atoms with van der Waals surface area (Å²) in [6.45, 7) is 2.07. The number of rotatable bonds is 2. The molecule has 1 aromatic rings. The van der Waals surface area contributed by atoms with Crippen LogP contribution in [-0.4, -0.2) is 9.97 Å². The molecule has 0 aromatic carbocycles. The number of aromatic nitrogens is 2. The molecule has 0 saturated heterocycles. The smallest absolute Gasteiger partial charge is 0.138 e. The van der Waals surface area contributed by atoms with Crippen molar-refractivity contribution >= 4 is 12.6 Å². The van der Waals surface area contributed by atoms with Crippen LogP contribution in [0.4, 0.5) is 0 Å². The fourth-order valence-corrected chi connectivity index (χ4v) is 0.867. The monoisotopic (exact) mass is 154 g/mol. The molecule has 0 aliphatic rings. The van der Waals surface area contributed by atoms with Crippen LogP contribution in [0.15, 0.2) is 12.3 Å². The lowest BCUT2D eigenvalue weighted by molar-refractivity contribution is 0.941. The Morgan fingerprint density at radius 2 is 2.40 bits per heavy atom. The van der Waals surface area contributed by atoms with Gasteiger partial charge in [-0.2, -0.15) is 12.6 Å². The van der Waals surface area contributed by atoms with Crippen LogP contribution in [0, 0.1) is 0 Å². The first-order chi connectivity index (χ1) is 4.86. The van der Waals surface area contributed by atoms with Gasteiger partial charge in [0.25, 0.3) is 0 Å². The Morgan fingerprint density at radius 3 is 3.00 bits per heavy atom. The van der Waals surface area contributed by atoms with Gasteiger partial charge in [0.15, 0.2) is 0 Å². The van der Waals surface area contributed by atoms with E-state index in [0.29, 0.717) is 5.75 Å². The lowest BCUT2D eigenvalue weighted by Crippen LogP contribution is -1.94. The molecule has 0 radical (unpaired) electrons. The highest BCUT2D eigenvalue weighted by Crippen LogP contribution is 1.98. The molecule has 3 heteroatoms. The highest BCUT2D eigenvalue weighted by atomic mass is 32.1. The van der Waals surface area contributed by atoms with Crippen molar-refractivity contribution in [2.75, 3.05) is 0 Å². The summed E-state index contributed by atoms with van der Waals surface area (Å²) >= 11 is 4.07. The van der Waals surface area contributed by atoms with E-state index in [4.69, 9.17) is 0 Å².